The Kier molecular flexibility index (Phi) is 3.14. The number of halogens is 1. The number of esters is 1. The first-order valence-electron chi connectivity index (χ1n) is 4.31. The van der Waals surface area contributed by atoms with Gasteiger partial charge < -0.3 is 10.5 Å². The molecular weight excluding hydrogens is 218 g/mol. The lowest BCUT2D eigenvalue weighted by molar-refractivity contribution is 0.00702. The van der Waals surface area contributed by atoms with Crippen molar-refractivity contribution in [1.29, 1.82) is 0 Å². The van der Waals surface area contributed by atoms with E-state index in [1.165, 1.54) is 6.07 Å². The molecule has 0 aliphatic carbocycles. The number of rotatable bonds is 1. The third-order valence-corrected chi connectivity index (χ3v) is 1.60. The van der Waals surface area contributed by atoms with Gasteiger partial charge in [0.15, 0.2) is 11.0 Å². The van der Waals surface area contributed by atoms with Crippen LogP contribution in [0, 0.1) is 0 Å². The summed E-state index contributed by atoms with van der Waals surface area (Å²) in [6, 6.07) is 1.33. The maximum atomic E-state index is 11.6. The van der Waals surface area contributed by atoms with E-state index < -0.39 is 11.6 Å². The quantitative estimate of drug-likeness (QED) is 0.741. The molecule has 1 rings (SSSR count). The van der Waals surface area contributed by atoms with Crippen molar-refractivity contribution in [3.63, 3.8) is 0 Å². The Balaban J connectivity index is 2.96. The number of hydrogen-bond acceptors (Lipinski definition) is 5. The summed E-state index contributed by atoms with van der Waals surface area (Å²) in [5.41, 5.74) is 5.02. The van der Waals surface area contributed by atoms with Crippen LogP contribution < -0.4 is 5.73 Å². The molecule has 2 N–H and O–H groups in total. The van der Waals surface area contributed by atoms with E-state index in [0.29, 0.717) is 0 Å². The summed E-state index contributed by atoms with van der Waals surface area (Å²) in [6.07, 6.45) is 0. The van der Waals surface area contributed by atoms with Crippen molar-refractivity contribution in [2.24, 2.45) is 0 Å². The number of carbonyl (C=O) groups excluding carboxylic acids is 1. The van der Waals surface area contributed by atoms with Gasteiger partial charge in [0, 0.05) is 0 Å². The van der Waals surface area contributed by atoms with Crippen molar-refractivity contribution >= 4 is 23.4 Å². The molecule has 0 saturated carbocycles. The Morgan fingerprint density at radius 2 is 2.07 bits per heavy atom. The minimum atomic E-state index is -0.584. The number of carbonyl (C=O) groups is 1. The number of nitrogens with two attached hydrogens (primary N) is 1. The van der Waals surface area contributed by atoms with Gasteiger partial charge in [-0.3, -0.25) is 0 Å². The SMILES string of the molecule is CC(C)(C)OC(=O)c1cc(Cl)nnc1N. The van der Waals surface area contributed by atoms with Crippen LogP contribution in [0.25, 0.3) is 0 Å². The van der Waals surface area contributed by atoms with Gasteiger partial charge in [0.1, 0.15) is 11.2 Å². The van der Waals surface area contributed by atoms with Crippen molar-refractivity contribution in [3.8, 4) is 0 Å². The molecule has 0 saturated heterocycles. The van der Waals surface area contributed by atoms with E-state index >= 15 is 0 Å². The highest BCUT2D eigenvalue weighted by Crippen LogP contribution is 2.17. The van der Waals surface area contributed by atoms with Crippen molar-refractivity contribution < 1.29 is 9.53 Å². The van der Waals surface area contributed by atoms with Gasteiger partial charge in [-0.25, -0.2) is 4.79 Å². The average molecular weight is 230 g/mol. The number of hydrogen-bond donors (Lipinski definition) is 1. The molecule has 1 heterocycles. The first-order chi connectivity index (χ1) is 6.79. The maximum Gasteiger partial charge on any atom is 0.342 e. The largest absolute Gasteiger partial charge is 0.456 e. The van der Waals surface area contributed by atoms with E-state index in [9.17, 15) is 4.79 Å². The van der Waals surface area contributed by atoms with Crippen LogP contribution in [0.1, 0.15) is 31.1 Å². The van der Waals surface area contributed by atoms with E-state index in [4.69, 9.17) is 22.1 Å². The van der Waals surface area contributed by atoms with Crippen LogP contribution in [-0.2, 0) is 4.74 Å². The molecule has 0 radical (unpaired) electrons. The van der Waals surface area contributed by atoms with Crippen molar-refractivity contribution in [1.82, 2.24) is 10.2 Å². The van der Waals surface area contributed by atoms with Crippen LogP contribution in [0.15, 0.2) is 6.07 Å². The van der Waals surface area contributed by atoms with Crippen molar-refractivity contribution in [2.45, 2.75) is 26.4 Å². The second kappa shape index (κ2) is 4.02. The highest BCUT2D eigenvalue weighted by Gasteiger charge is 2.20. The summed E-state index contributed by atoms with van der Waals surface area (Å²) in [6.45, 7) is 5.28. The van der Waals surface area contributed by atoms with E-state index in [1.807, 2.05) is 0 Å². The Morgan fingerprint density at radius 3 is 2.60 bits per heavy atom. The molecule has 82 valence electrons. The Morgan fingerprint density at radius 1 is 1.47 bits per heavy atom. The smallest absolute Gasteiger partial charge is 0.342 e. The average Bonchev–Trinajstić information content (AvgIpc) is 2.06. The lowest BCUT2D eigenvalue weighted by Gasteiger charge is -2.19. The predicted molar refractivity (Wildman–Crippen MR) is 56.6 cm³/mol. The fourth-order valence-corrected chi connectivity index (χ4v) is 1.02. The summed E-state index contributed by atoms with van der Waals surface area (Å²) in [5, 5.41) is 7.13. The molecule has 0 atom stereocenters. The van der Waals surface area contributed by atoms with Crippen LogP contribution in [-0.4, -0.2) is 21.8 Å². The molecule has 0 bridgehead atoms. The van der Waals surface area contributed by atoms with E-state index in [0.717, 1.165) is 0 Å². The molecule has 0 aromatic carbocycles. The first kappa shape index (κ1) is 11.7. The van der Waals surface area contributed by atoms with Gasteiger partial charge in [-0.2, -0.15) is 0 Å². The number of nitrogens with zero attached hydrogens (tertiary/aromatic N) is 2. The lowest BCUT2D eigenvalue weighted by Crippen LogP contribution is -2.24. The van der Waals surface area contributed by atoms with Crippen LogP contribution in [0.5, 0.6) is 0 Å². The summed E-state index contributed by atoms with van der Waals surface area (Å²) >= 11 is 5.60. The van der Waals surface area contributed by atoms with Crippen LogP contribution in [0.3, 0.4) is 0 Å². The van der Waals surface area contributed by atoms with Gasteiger partial charge in [0.2, 0.25) is 0 Å². The van der Waals surface area contributed by atoms with Gasteiger partial charge in [-0.1, -0.05) is 11.6 Å². The second-order valence-electron chi connectivity index (χ2n) is 3.97. The molecular formula is C9H12ClN3O2. The maximum absolute atomic E-state index is 11.6. The van der Waals surface area contributed by atoms with E-state index in [-0.39, 0.29) is 16.5 Å². The topological polar surface area (TPSA) is 78.1 Å². The predicted octanol–water partition coefficient (Wildman–Crippen LogP) is 1.67. The lowest BCUT2D eigenvalue weighted by atomic mass is 10.2. The molecule has 1 aromatic heterocycles. The monoisotopic (exact) mass is 229 g/mol. The molecule has 1 aromatic rings. The second-order valence-corrected chi connectivity index (χ2v) is 4.36. The van der Waals surface area contributed by atoms with Crippen LogP contribution in [0.4, 0.5) is 5.82 Å². The standard InChI is InChI=1S/C9H12ClN3O2/c1-9(2,3)15-8(14)5-4-6(10)12-13-7(5)11/h4H,1-3H3,(H2,11,13). The Labute approximate surface area is 92.6 Å². The fourth-order valence-electron chi connectivity index (χ4n) is 0.874. The highest BCUT2D eigenvalue weighted by atomic mass is 35.5. The minimum absolute atomic E-state index is 0.00801. The molecule has 0 amide bonds. The minimum Gasteiger partial charge on any atom is -0.456 e. The third kappa shape index (κ3) is 3.36. The molecule has 0 spiro atoms. The molecule has 5 nitrogen and oxygen atoms in total. The molecule has 0 fully saturated rings. The van der Waals surface area contributed by atoms with Gasteiger partial charge in [0.25, 0.3) is 0 Å². The molecule has 0 aliphatic heterocycles. The van der Waals surface area contributed by atoms with Gasteiger partial charge in [-0.05, 0) is 26.8 Å². The molecule has 6 heteroatoms. The zero-order valence-electron chi connectivity index (χ0n) is 8.74. The van der Waals surface area contributed by atoms with Crippen LogP contribution >= 0.6 is 11.6 Å². The Bertz CT molecular complexity index is 387. The third-order valence-electron chi connectivity index (χ3n) is 1.41. The normalized spacial score (nSPS) is 11.2. The van der Waals surface area contributed by atoms with Crippen molar-refractivity contribution in [3.05, 3.63) is 16.8 Å². The number of anilines is 1. The summed E-state index contributed by atoms with van der Waals surface area (Å²) in [4.78, 5) is 11.6. The fraction of sp³-hybridized carbons (Fsp3) is 0.444. The Hall–Kier alpha value is -1.36. The van der Waals surface area contributed by atoms with E-state index in [1.54, 1.807) is 20.8 Å². The summed E-state index contributed by atoms with van der Waals surface area (Å²) in [7, 11) is 0. The van der Waals surface area contributed by atoms with Gasteiger partial charge in [0.05, 0.1) is 0 Å². The number of ether oxygens (including phenoxy) is 1. The molecule has 0 unspecified atom stereocenters. The number of nitrogen functional groups attached to an aromatic ring is 1. The summed E-state index contributed by atoms with van der Waals surface area (Å²) in [5.74, 6) is -0.551. The first-order valence-corrected chi connectivity index (χ1v) is 4.69. The highest BCUT2D eigenvalue weighted by molar-refractivity contribution is 6.29. The van der Waals surface area contributed by atoms with E-state index in [2.05, 4.69) is 10.2 Å². The number of aromatic nitrogens is 2. The zero-order valence-corrected chi connectivity index (χ0v) is 9.50. The van der Waals surface area contributed by atoms with Crippen molar-refractivity contribution in [2.75, 3.05) is 5.73 Å². The molecule has 15 heavy (non-hydrogen) atoms. The molecule has 0 aliphatic rings. The van der Waals surface area contributed by atoms with Gasteiger partial charge >= 0.3 is 5.97 Å². The van der Waals surface area contributed by atoms with Gasteiger partial charge in [-0.15, -0.1) is 10.2 Å². The summed E-state index contributed by atoms with van der Waals surface area (Å²) < 4.78 is 5.11. The zero-order chi connectivity index (χ0) is 11.6. The van der Waals surface area contributed by atoms with Crippen LogP contribution in [0.2, 0.25) is 5.15 Å².